The normalized spacial score (nSPS) is 11.2. The van der Waals surface area contributed by atoms with E-state index in [1.807, 2.05) is 54.6 Å². The van der Waals surface area contributed by atoms with Crippen LogP contribution in [-0.4, -0.2) is 56.8 Å². The lowest BCUT2D eigenvalue weighted by Gasteiger charge is -2.27. The van der Waals surface area contributed by atoms with Crippen LogP contribution >= 0.6 is 0 Å². The van der Waals surface area contributed by atoms with Crippen LogP contribution < -0.4 is 32.8 Å². The van der Waals surface area contributed by atoms with Crippen molar-refractivity contribution in [2.75, 3.05) is 0 Å². The highest BCUT2D eigenvalue weighted by Crippen LogP contribution is 2.39. The van der Waals surface area contributed by atoms with Gasteiger partial charge < -0.3 is 0 Å². The predicted octanol–water partition coefficient (Wildman–Crippen LogP) is 27.3. The molecule has 0 unspecified atom stereocenters. The van der Waals surface area contributed by atoms with E-state index < -0.39 is 0 Å². The average Bonchev–Trinajstić information content (AvgIpc) is 1.56. The van der Waals surface area contributed by atoms with Gasteiger partial charge in [0.15, 0.2) is 11.6 Å². The Bertz CT molecular complexity index is 7930. The molecule has 11 heteroatoms. The van der Waals surface area contributed by atoms with Crippen LogP contribution in [0.2, 0.25) is 0 Å². The summed E-state index contributed by atoms with van der Waals surface area (Å²) in [5.74, 6) is 3.29. The molecule has 0 bridgehead atoms. The SMILES string of the molecule is C=Cc1cc(C)c(B(c2c(C)cccc2C)c2c(C)cccc2C)c(C)c1.C=Cc1ccc(-c2cc(C)c(B(c3c(C)cccc3C)c3c(C)cccc3C)c(C)c2)cc1.C=Cc1ccc(-c2nnc(-c3ccccc3)n2-c2cccc3ccccc23)cc1.C=Cc1ccc2c(c1)c1ccccc1n2-c1nc(-n2c3ccccc3c3ccccc32)nc(-n2c3ccccc3c3ccccc32)n1. The van der Waals surface area contributed by atoms with Gasteiger partial charge in [0.25, 0.3) is 0 Å². The minimum atomic E-state index is 0.213. The molecule has 0 aliphatic carbocycles. The van der Waals surface area contributed by atoms with Crippen LogP contribution in [0.25, 0.3) is 158 Å². The third kappa shape index (κ3) is 16.7. The lowest BCUT2D eigenvalue weighted by Crippen LogP contribution is -2.57. The Morgan fingerprint density at radius 1 is 0.206 bits per heavy atom. The van der Waals surface area contributed by atoms with Gasteiger partial charge >= 0.3 is 0 Å². The number of hydrogen-bond donors (Lipinski definition) is 0. The molecule has 136 heavy (non-hydrogen) atoms. The minimum absolute atomic E-state index is 0.213. The zero-order valence-corrected chi connectivity index (χ0v) is 79.4. The van der Waals surface area contributed by atoms with Crippen molar-refractivity contribution in [1.82, 2.24) is 43.4 Å². The maximum Gasteiger partial charge on any atom is 0.243 e. The maximum atomic E-state index is 5.30. The van der Waals surface area contributed by atoms with E-state index in [4.69, 9.17) is 15.0 Å². The Morgan fingerprint density at radius 3 is 0.853 bits per heavy atom. The second-order valence-corrected chi connectivity index (χ2v) is 35.9. The van der Waals surface area contributed by atoms with E-state index in [0.717, 1.165) is 116 Å². The third-order valence-corrected chi connectivity index (χ3v) is 27.2. The second kappa shape index (κ2) is 38.1. The van der Waals surface area contributed by atoms with E-state index in [1.165, 1.54) is 122 Å². The molecule has 5 aromatic heterocycles. The van der Waals surface area contributed by atoms with Crippen LogP contribution in [0, 0.1) is 83.1 Å². The zero-order valence-electron chi connectivity index (χ0n) is 79.4. The van der Waals surface area contributed by atoms with Gasteiger partial charge in [0.1, 0.15) is 0 Å². The molecular weight excluding hydrogens is 1650 g/mol. The highest BCUT2D eigenvalue weighted by Gasteiger charge is 2.34. The monoisotopic (exact) mass is 1760 g/mol. The van der Waals surface area contributed by atoms with Crippen molar-refractivity contribution in [3.63, 3.8) is 0 Å². The van der Waals surface area contributed by atoms with Crippen molar-refractivity contribution in [1.29, 1.82) is 0 Å². The number of para-hydroxylation sites is 5. The van der Waals surface area contributed by atoms with E-state index in [2.05, 4.69) is 465 Å². The third-order valence-electron chi connectivity index (χ3n) is 27.2. The van der Waals surface area contributed by atoms with Crippen LogP contribution in [0.15, 0.2) is 384 Å². The van der Waals surface area contributed by atoms with Gasteiger partial charge in [-0.3, -0.25) is 18.3 Å². The predicted molar refractivity (Wildman–Crippen MR) is 583 cm³/mol. The molecule has 658 valence electrons. The first-order valence-electron chi connectivity index (χ1n) is 46.7. The summed E-state index contributed by atoms with van der Waals surface area (Å²) in [6.45, 7) is 43.2. The molecule has 0 aliphatic rings. The quantitative estimate of drug-likeness (QED) is 0.0848. The molecular formula is C125H107B2N9. The molecule has 22 aromatic rings. The molecule has 0 saturated carbocycles. The van der Waals surface area contributed by atoms with Gasteiger partial charge in [-0.15, -0.1) is 10.2 Å². The molecule has 0 N–H and O–H groups in total. The fraction of sp³-hybridized carbons (Fsp3) is 0.0960. The summed E-state index contributed by atoms with van der Waals surface area (Å²) >= 11 is 0. The molecule has 0 amide bonds. The fourth-order valence-electron chi connectivity index (χ4n) is 20.9. The van der Waals surface area contributed by atoms with Gasteiger partial charge in [0.05, 0.1) is 38.8 Å². The molecule has 5 heterocycles. The Kier molecular flexibility index (Phi) is 24.9. The van der Waals surface area contributed by atoms with Crippen molar-refractivity contribution in [3.05, 3.63) is 473 Å². The van der Waals surface area contributed by atoms with Crippen molar-refractivity contribution in [3.8, 4) is 57.4 Å². The van der Waals surface area contributed by atoms with Gasteiger partial charge in [0.2, 0.25) is 31.3 Å². The summed E-state index contributed by atoms with van der Waals surface area (Å²) in [4.78, 5) is 15.9. The molecule has 0 atom stereocenters. The van der Waals surface area contributed by atoms with Gasteiger partial charge in [-0.1, -0.05) is 460 Å². The Hall–Kier alpha value is -16.4. The Balaban J connectivity index is 0.000000120. The molecule has 0 fully saturated rings. The number of rotatable bonds is 17. The van der Waals surface area contributed by atoms with Crippen LogP contribution in [0.1, 0.15) is 89.0 Å². The smallest absolute Gasteiger partial charge is 0.243 e. The summed E-state index contributed by atoms with van der Waals surface area (Å²) in [5.41, 5.74) is 41.1. The number of aryl methyl sites for hydroxylation is 12. The lowest BCUT2D eigenvalue weighted by atomic mass is 9.33. The summed E-state index contributed by atoms with van der Waals surface area (Å²) in [5, 5.41) is 18.4. The highest BCUT2D eigenvalue weighted by molar-refractivity contribution is 6.97. The van der Waals surface area contributed by atoms with Gasteiger partial charge in [0, 0.05) is 48.8 Å². The number of aromatic nitrogens is 9. The van der Waals surface area contributed by atoms with E-state index in [0.29, 0.717) is 17.8 Å². The van der Waals surface area contributed by atoms with Gasteiger partial charge in [-0.05, 0) is 170 Å². The maximum absolute atomic E-state index is 5.30. The standard InChI is InChI=1S/C41H26N6.C32H33B.C26H29B.C26H19N3/c1-2-26-23-24-38-32(25-26)31-17-7-12-22-37(31)47(38)41-43-39(45-33-18-8-3-13-27(33)28-14-4-9-19-34(28)45)42-40(44-41)46-35-20-10-5-15-29(35)30-16-6-11-21-36(30)46;1-8-27-15-17-28(18-16-27)29-19-25(6)32(26(7)20-29)33(30-21(2)11-9-12-22(30)3)31-23(4)13-10-14-24(31)5;1-8-23-15-21(6)26(22(7)16-23)27(24-17(2)11-9-12-18(24)3)25-19(4)13-10-14-20(25)5;1-2-19-15-17-22(18-16-19)26-28-27-25(21-10-4-3-5-11-21)29(26)24-14-8-12-20-9-6-7-13-23(20)24/h2-25H,1H2;8-20H,1H2,2-7H3;8-16H,1H2,2-7H3;2-18H,1H2. The first kappa shape index (κ1) is 88.9. The molecule has 17 aromatic carbocycles. The van der Waals surface area contributed by atoms with Crippen LogP contribution in [-0.2, 0) is 0 Å². The first-order valence-corrected chi connectivity index (χ1v) is 46.7. The van der Waals surface area contributed by atoms with Crippen molar-refractivity contribution in [2.45, 2.75) is 83.1 Å². The van der Waals surface area contributed by atoms with E-state index in [1.54, 1.807) is 0 Å². The van der Waals surface area contributed by atoms with E-state index in [9.17, 15) is 0 Å². The summed E-state index contributed by atoms with van der Waals surface area (Å²) in [7, 11) is 0. The summed E-state index contributed by atoms with van der Waals surface area (Å²) in [6.07, 6.45) is 7.56. The second-order valence-electron chi connectivity index (χ2n) is 35.9. The van der Waals surface area contributed by atoms with E-state index >= 15 is 0 Å². The number of hydrogen-bond acceptors (Lipinski definition) is 5. The van der Waals surface area contributed by atoms with Gasteiger partial charge in [-0.25, -0.2) is 0 Å². The van der Waals surface area contributed by atoms with Crippen LogP contribution in [0.5, 0.6) is 0 Å². The van der Waals surface area contributed by atoms with Crippen molar-refractivity contribution in [2.24, 2.45) is 0 Å². The fourth-order valence-corrected chi connectivity index (χ4v) is 20.9. The molecule has 9 nitrogen and oxygen atoms in total. The topological polar surface area (TPSA) is 84.2 Å². The van der Waals surface area contributed by atoms with Crippen molar-refractivity contribution < 1.29 is 0 Å². The molecule has 0 spiro atoms. The molecule has 0 radical (unpaired) electrons. The summed E-state index contributed by atoms with van der Waals surface area (Å²) in [6, 6.07) is 126. The molecule has 0 saturated heterocycles. The first-order chi connectivity index (χ1) is 66.3. The molecule has 0 aliphatic heterocycles. The van der Waals surface area contributed by atoms with Gasteiger partial charge in [-0.2, -0.15) is 15.0 Å². The lowest BCUT2D eigenvalue weighted by molar-refractivity contribution is 0.848. The summed E-state index contributed by atoms with van der Waals surface area (Å²) < 4.78 is 8.64. The molecule has 22 rings (SSSR count). The average molecular weight is 1760 g/mol. The number of fused-ring (bicyclic) bond motifs is 10. The van der Waals surface area contributed by atoms with E-state index in [-0.39, 0.29) is 13.4 Å². The number of nitrogens with zero attached hydrogens (tertiary/aromatic N) is 9. The minimum Gasteiger partial charge on any atom is -0.278 e. The zero-order chi connectivity index (χ0) is 94.1. The van der Waals surface area contributed by atoms with Crippen LogP contribution in [0.3, 0.4) is 0 Å². The largest absolute Gasteiger partial charge is 0.278 e. The van der Waals surface area contributed by atoms with Crippen molar-refractivity contribution >= 4 is 147 Å². The highest BCUT2D eigenvalue weighted by atomic mass is 15.3. The Labute approximate surface area is 798 Å². The number of benzene rings is 17. The Morgan fingerprint density at radius 2 is 0.485 bits per heavy atom. The van der Waals surface area contributed by atoms with Crippen LogP contribution in [0.4, 0.5) is 0 Å².